The third-order valence-corrected chi connectivity index (χ3v) is 6.15. The lowest BCUT2D eigenvalue weighted by atomic mass is 9.98. The third kappa shape index (κ3) is 3.25. The van der Waals surface area contributed by atoms with Gasteiger partial charge in [-0.15, -0.1) is 10.2 Å². The summed E-state index contributed by atoms with van der Waals surface area (Å²) in [5, 5.41) is 12.1. The Balaban J connectivity index is 1.82. The Bertz CT molecular complexity index is 1400. The van der Waals surface area contributed by atoms with Crippen molar-refractivity contribution in [2.75, 3.05) is 39.7 Å². The third-order valence-electron chi connectivity index (χ3n) is 6.15. The van der Waals surface area contributed by atoms with Crippen LogP contribution in [0.4, 0.5) is 23.5 Å². The Morgan fingerprint density at radius 3 is 2.74 bits per heavy atom. The minimum atomic E-state index is -3.20. The van der Waals surface area contributed by atoms with E-state index in [1.54, 1.807) is 32.2 Å². The van der Waals surface area contributed by atoms with Gasteiger partial charge in [-0.25, -0.2) is 26.8 Å². The lowest BCUT2D eigenvalue weighted by Crippen LogP contribution is -2.27. The molecule has 180 valence electrons. The van der Waals surface area contributed by atoms with Crippen molar-refractivity contribution in [3.63, 3.8) is 0 Å². The van der Waals surface area contributed by atoms with Crippen LogP contribution < -0.4 is 10.5 Å². The number of anilines is 1. The van der Waals surface area contributed by atoms with E-state index in [9.17, 15) is 13.2 Å². The van der Waals surface area contributed by atoms with Crippen molar-refractivity contribution in [3.05, 3.63) is 29.7 Å². The van der Waals surface area contributed by atoms with E-state index in [1.807, 2.05) is 0 Å². The van der Waals surface area contributed by atoms with E-state index in [1.165, 1.54) is 16.7 Å². The molecule has 3 aromatic heterocycles. The Kier molecular flexibility index (Phi) is 5.11. The Labute approximate surface area is 191 Å². The summed E-state index contributed by atoms with van der Waals surface area (Å²) < 4.78 is 67.1. The van der Waals surface area contributed by atoms with E-state index < -0.39 is 36.9 Å². The molecule has 4 aromatic rings. The van der Waals surface area contributed by atoms with E-state index in [4.69, 9.17) is 10.5 Å². The van der Waals surface area contributed by atoms with Gasteiger partial charge >= 0.3 is 0 Å². The highest BCUT2D eigenvalue weighted by molar-refractivity contribution is 5.90. The number of halogens is 4. The molecule has 4 heterocycles. The summed E-state index contributed by atoms with van der Waals surface area (Å²) >= 11 is 0. The van der Waals surface area contributed by atoms with Gasteiger partial charge in [0.25, 0.3) is 5.92 Å². The minimum Gasteiger partial charge on any atom is -0.479 e. The molecule has 0 spiro atoms. The van der Waals surface area contributed by atoms with Gasteiger partial charge in [-0.3, -0.25) is 4.90 Å². The van der Waals surface area contributed by atoms with E-state index in [0.717, 1.165) is 4.52 Å². The molecule has 1 aliphatic heterocycles. The predicted octanol–water partition coefficient (Wildman–Crippen LogP) is 3.07. The molecule has 1 fully saturated rings. The molecule has 0 aliphatic carbocycles. The standard InChI is InChI=1S/C21H22F4N8O/c1-10(7-22)32-14-6-11(4-5-13(14)28-30-32)15-16(23)17(12-8-31(2)9-21(12,24)25)33-18(15)19(34-3)27-20(26)29-33/h4-6,10,12H,7-9H2,1-3H3,(H2,26,29)/t10-,12-/m1/s1. The second kappa shape index (κ2) is 7.79. The predicted molar refractivity (Wildman–Crippen MR) is 116 cm³/mol. The monoisotopic (exact) mass is 478 g/mol. The molecule has 9 nitrogen and oxygen atoms in total. The Morgan fingerprint density at radius 2 is 2.09 bits per heavy atom. The van der Waals surface area contributed by atoms with Gasteiger partial charge in [0.05, 0.1) is 42.4 Å². The van der Waals surface area contributed by atoms with Crippen molar-refractivity contribution in [2.45, 2.75) is 24.8 Å². The maximum Gasteiger partial charge on any atom is 0.270 e. The first kappa shape index (κ1) is 22.3. The quantitative estimate of drug-likeness (QED) is 0.440. The fraction of sp³-hybridized carbons (Fsp3) is 0.429. The van der Waals surface area contributed by atoms with E-state index in [-0.39, 0.29) is 35.1 Å². The summed E-state index contributed by atoms with van der Waals surface area (Å²) in [6, 6.07) is 4.16. The molecular formula is C21H22F4N8O. The van der Waals surface area contributed by atoms with Gasteiger partial charge in [0.1, 0.15) is 17.7 Å². The molecule has 34 heavy (non-hydrogen) atoms. The average molecular weight is 478 g/mol. The average Bonchev–Trinajstić information content (AvgIpc) is 3.42. The number of fused-ring (bicyclic) bond motifs is 2. The number of nitrogen functional groups attached to an aromatic ring is 1. The summed E-state index contributed by atoms with van der Waals surface area (Å²) in [4.78, 5) is 5.46. The highest BCUT2D eigenvalue weighted by atomic mass is 19.3. The molecule has 1 saturated heterocycles. The first-order valence-corrected chi connectivity index (χ1v) is 10.6. The van der Waals surface area contributed by atoms with Crippen molar-refractivity contribution < 1.29 is 22.3 Å². The number of aromatic nitrogens is 6. The number of nitrogens with zero attached hydrogens (tertiary/aromatic N) is 7. The van der Waals surface area contributed by atoms with Crippen LogP contribution in [-0.2, 0) is 0 Å². The van der Waals surface area contributed by atoms with Gasteiger partial charge in [-0.05, 0) is 31.7 Å². The molecule has 0 unspecified atom stereocenters. The highest BCUT2D eigenvalue weighted by Gasteiger charge is 2.51. The number of likely N-dealkylation sites (tertiary alicyclic amines) is 1. The van der Waals surface area contributed by atoms with Crippen LogP contribution in [0, 0.1) is 5.82 Å². The minimum absolute atomic E-state index is 0.0280. The van der Waals surface area contributed by atoms with Gasteiger partial charge in [0.2, 0.25) is 11.8 Å². The SMILES string of the molecule is COc1nc(N)nn2c([C@H]3CN(C)CC3(F)F)c(F)c(-c3ccc4nnn([C@H](C)CF)c4c3)c12. The van der Waals surface area contributed by atoms with Crippen LogP contribution in [0.15, 0.2) is 18.2 Å². The maximum atomic E-state index is 16.2. The van der Waals surface area contributed by atoms with Gasteiger partial charge in [0, 0.05) is 6.54 Å². The molecule has 2 N–H and O–H groups in total. The second-order valence-electron chi connectivity index (χ2n) is 8.57. The maximum absolute atomic E-state index is 16.2. The van der Waals surface area contributed by atoms with Crippen LogP contribution in [0.25, 0.3) is 27.7 Å². The van der Waals surface area contributed by atoms with E-state index >= 15 is 4.39 Å². The number of alkyl halides is 3. The van der Waals surface area contributed by atoms with E-state index in [2.05, 4.69) is 20.4 Å². The lowest BCUT2D eigenvalue weighted by molar-refractivity contribution is -0.00340. The zero-order valence-corrected chi connectivity index (χ0v) is 18.6. The van der Waals surface area contributed by atoms with Gasteiger partial charge in [-0.2, -0.15) is 4.98 Å². The summed E-state index contributed by atoms with van der Waals surface area (Å²) in [6.07, 6.45) is 0. The zero-order chi connectivity index (χ0) is 24.4. The number of benzene rings is 1. The molecule has 0 radical (unpaired) electrons. The van der Waals surface area contributed by atoms with Crippen molar-refractivity contribution in [1.29, 1.82) is 0 Å². The first-order valence-electron chi connectivity index (χ1n) is 10.6. The molecule has 0 bridgehead atoms. The summed E-state index contributed by atoms with van der Waals surface area (Å²) in [6.45, 7) is 0.355. The normalized spacial score (nSPS) is 19.3. The molecule has 1 aliphatic rings. The Hall–Kier alpha value is -3.48. The van der Waals surface area contributed by atoms with Crippen molar-refractivity contribution in [2.24, 2.45) is 0 Å². The molecule has 0 amide bonds. The number of hydrogen-bond donors (Lipinski definition) is 1. The van der Waals surface area contributed by atoms with Crippen LogP contribution in [0.3, 0.4) is 0 Å². The largest absolute Gasteiger partial charge is 0.479 e. The van der Waals surface area contributed by atoms with Gasteiger partial charge in [-0.1, -0.05) is 11.3 Å². The number of nitrogens with two attached hydrogens (primary N) is 1. The van der Waals surface area contributed by atoms with Crippen molar-refractivity contribution in [3.8, 4) is 17.0 Å². The zero-order valence-electron chi connectivity index (χ0n) is 18.6. The van der Waals surface area contributed by atoms with Crippen LogP contribution >= 0.6 is 0 Å². The van der Waals surface area contributed by atoms with Crippen LogP contribution in [0.5, 0.6) is 5.88 Å². The van der Waals surface area contributed by atoms with Gasteiger partial charge in [0.15, 0.2) is 5.82 Å². The fourth-order valence-corrected chi connectivity index (χ4v) is 4.59. The van der Waals surface area contributed by atoms with Crippen LogP contribution in [0.2, 0.25) is 0 Å². The number of rotatable bonds is 5. The van der Waals surface area contributed by atoms with Crippen LogP contribution in [0.1, 0.15) is 24.6 Å². The topological polar surface area (TPSA) is 99.4 Å². The highest BCUT2D eigenvalue weighted by Crippen LogP contribution is 2.46. The van der Waals surface area contributed by atoms with Crippen LogP contribution in [-0.4, -0.2) is 74.3 Å². The molecule has 13 heteroatoms. The molecule has 5 rings (SSSR count). The number of methoxy groups -OCH3 is 1. The molecule has 0 saturated carbocycles. The molecular weight excluding hydrogens is 456 g/mol. The number of ether oxygens (including phenoxy) is 1. The number of hydrogen-bond acceptors (Lipinski definition) is 7. The fourth-order valence-electron chi connectivity index (χ4n) is 4.59. The smallest absolute Gasteiger partial charge is 0.270 e. The van der Waals surface area contributed by atoms with Gasteiger partial charge < -0.3 is 10.5 Å². The van der Waals surface area contributed by atoms with Crippen molar-refractivity contribution >= 4 is 22.5 Å². The molecule has 1 aromatic carbocycles. The van der Waals surface area contributed by atoms with E-state index in [0.29, 0.717) is 16.6 Å². The Morgan fingerprint density at radius 1 is 1.32 bits per heavy atom. The summed E-state index contributed by atoms with van der Waals surface area (Å²) in [7, 11) is 2.86. The summed E-state index contributed by atoms with van der Waals surface area (Å²) in [5.74, 6) is -5.87. The first-order chi connectivity index (χ1) is 16.2. The second-order valence-corrected chi connectivity index (χ2v) is 8.57. The number of likely N-dealkylation sites (N-methyl/N-ethyl adjacent to an activating group) is 1. The molecule has 2 atom stereocenters. The van der Waals surface area contributed by atoms with Crippen molar-refractivity contribution in [1.82, 2.24) is 34.5 Å². The summed E-state index contributed by atoms with van der Waals surface area (Å²) in [5.41, 5.74) is 6.78. The lowest BCUT2D eigenvalue weighted by Gasteiger charge is -2.17.